The van der Waals surface area contributed by atoms with Gasteiger partial charge in [-0.3, -0.25) is 4.90 Å². The van der Waals surface area contributed by atoms with E-state index in [1.165, 1.54) is 31.5 Å². The van der Waals surface area contributed by atoms with E-state index < -0.39 is 0 Å². The molecule has 0 saturated carbocycles. The molecular weight excluding hydrogens is 184 g/mol. The van der Waals surface area contributed by atoms with Gasteiger partial charge in [0, 0.05) is 32.5 Å². The molecule has 0 unspecified atom stereocenters. The molecule has 0 atom stereocenters. The maximum atomic E-state index is 2.56. The minimum atomic E-state index is 0.858. The van der Waals surface area contributed by atoms with Gasteiger partial charge in [-0.15, -0.1) is 0 Å². The Hall–Kier alpha value is -0.860. The SMILES string of the molecule is C[NH2+]C1CCN(Cc2ccccc2)CC1. The summed E-state index contributed by atoms with van der Waals surface area (Å²) in [6.07, 6.45) is 2.67. The molecule has 1 saturated heterocycles. The first-order valence-corrected chi connectivity index (χ1v) is 5.94. The summed E-state index contributed by atoms with van der Waals surface area (Å²) < 4.78 is 0. The molecule has 2 nitrogen and oxygen atoms in total. The van der Waals surface area contributed by atoms with Crippen LogP contribution >= 0.6 is 0 Å². The van der Waals surface area contributed by atoms with Crippen molar-refractivity contribution in [3.63, 3.8) is 0 Å². The van der Waals surface area contributed by atoms with Crippen molar-refractivity contribution in [3.05, 3.63) is 35.9 Å². The third kappa shape index (κ3) is 3.05. The highest BCUT2D eigenvalue weighted by atomic mass is 15.1. The summed E-state index contributed by atoms with van der Waals surface area (Å²) in [6, 6.07) is 11.6. The summed E-state index contributed by atoms with van der Waals surface area (Å²) in [6.45, 7) is 3.63. The van der Waals surface area contributed by atoms with Gasteiger partial charge in [-0.1, -0.05) is 30.3 Å². The number of nitrogens with zero attached hydrogens (tertiary/aromatic N) is 1. The first-order valence-electron chi connectivity index (χ1n) is 5.94. The Bertz CT molecular complexity index is 276. The zero-order valence-electron chi connectivity index (χ0n) is 9.52. The predicted molar refractivity (Wildman–Crippen MR) is 62.6 cm³/mol. The Morgan fingerprint density at radius 1 is 1.20 bits per heavy atom. The molecule has 0 aromatic heterocycles. The molecule has 0 spiro atoms. The van der Waals surface area contributed by atoms with Crippen molar-refractivity contribution in [1.29, 1.82) is 0 Å². The van der Waals surface area contributed by atoms with Crippen LogP contribution in [0.1, 0.15) is 18.4 Å². The van der Waals surface area contributed by atoms with E-state index in [2.05, 4.69) is 47.6 Å². The summed E-state index contributed by atoms with van der Waals surface area (Å²) in [5, 5.41) is 2.36. The van der Waals surface area contributed by atoms with Crippen LogP contribution in [0.5, 0.6) is 0 Å². The molecular formula is C13H21N2+. The zero-order valence-corrected chi connectivity index (χ0v) is 9.52. The highest BCUT2D eigenvalue weighted by Crippen LogP contribution is 2.11. The van der Waals surface area contributed by atoms with Crippen LogP contribution in [-0.2, 0) is 6.54 Å². The number of hydrogen-bond acceptors (Lipinski definition) is 1. The molecule has 0 radical (unpaired) electrons. The number of nitrogens with two attached hydrogens (primary N) is 1. The van der Waals surface area contributed by atoms with E-state index in [0.29, 0.717) is 0 Å². The minimum Gasteiger partial charge on any atom is -0.346 e. The average Bonchev–Trinajstić information content (AvgIpc) is 2.31. The molecule has 1 aromatic rings. The fraction of sp³-hybridized carbons (Fsp3) is 0.538. The van der Waals surface area contributed by atoms with E-state index in [-0.39, 0.29) is 0 Å². The van der Waals surface area contributed by atoms with Gasteiger partial charge in [-0.05, 0) is 5.56 Å². The van der Waals surface area contributed by atoms with Crippen molar-refractivity contribution < 1.29 is 5.32 Å². The number of benzene rings is 1. The summed E-state index contributed by atoms with van der Waals surface area (Å²) >= 11 is 0. The lowest BCUT2D eigenvalue weighted by atomic mass is 10.0. The van der Waals surface area contributed by atoms with Crippen molar-refractivity contribution in [2.75, 3.05) is 20.1 Å². The molecule has 15 heavy (non-hydrogen) atoms. The van der Waals surface area contributed by atoms with Gasteiger partial charge in [0.2, 0.25) is 0 Å². The third-order valence-corrected chi connectivity index (χ3v) is 3.35. The zero-order chi connectivity index (χ0) is 10.5. The topological polar surface area (TPSA) is 19.9 Å². The predicted octanol–water partition coefficient (Wildman–Crippen LogP) is 0.844. The first-order chi connectivity index (χ1) is 7.38. The van der Waals surface area contributed by atoms with Crippen LogP contribution in [-0.4, -0.2) is 31.1 Å². The van der Waals surface area contributed by atoms with Gasteiger partial charge >= 0.3 is 0 Å². The lowest BCUT2D eigenvalue weighted by Crippen LogP contribution is -2.87. The molecule has 0 bridgehead atoms. The van der Waals surface area contributed by atoms with Crippen molar-refractivity contribution in [2.24, 2.45) is 0 Å². The smallest absolute Gasteiger partial charge is 0.0881 e. The number of hydrogen-bond donors (Lipinski definition) is 1. The third-order valence-electron chi connectivity index (χ3n) is 3.35. The second-order valence-corrected chi connectivity index (χ2v) is 4.43. The van der Waals surface area contributed by atoms with Gasteiger partial charge in [0.25, 0.3) is 0 Å². The Morgan fingerprint density at radius 2 is 1.87 bits per heavy atom. The largest absolute Gasteiger partial charge is 0.346 e. The standard InChI is InChI=1S/C13H20N2/c1-14-13-7-9-15(10-8-13)11-12-5-3-2-4-6-12/h2-6,13-14H,7-11H2,1H3/p+1. The average molecular weight is 205 g/mol. The highest BCUT2D eigenvalue weighted by molar-refractivity contribution is 5.14. The van der Waals surface area contributed by atoms with Gasteiger partial charge in [0.05, 0.1) is 13.1 Å². The lowest BCUT2D eigenvalue weighted by molar-refractivity contribution is -0.666. The molecule has 1 heterocycles. The number of quaternary nitrogens is 1. The highest BCUT2D eigenvalue weighted by Gasteiger charge is 2.19. The maximum absolute atomic E-state index is 2.56. The van der Waals surface area contributed by atoms with E-state index in [1.807, 2.05) is 0 Å². The van der Waals surface area contributed by atoms with Gasteiger partial charge in [-0.25, -0.2) is 0 Å². The Balaban J connectivity index is 1.82. The maximum Gasteiger partial charge on any atom is 0.0881 e. The molecule has 2 heteroatoms. The van der Waals surface area contributed by atoms with Crippen LogP contribution in [0.25, 0.3) is 0 Å². The number of likely N-dealkylation sites (tertiary alicyclic amines) is 1. The molecule has 1 aliphatic rings. The van der Waals surface area contributed by atoms with E-state index >= 15 is 0 Å². The quantitative estimate of drug-likeness (QED) is 0.775. The van der Waals surface area contributed by atoms with Gasteiger partial charge in [-0.2, -0.15) is 0 Å². The van der Waals surface area contributed by atoms with Crippen LogP contribution in [0.15, 0.2) is 30.3 Å². The van der Waals surface area contributed by atoms with Crippen molar-refractivity contribution >= 4 is 0 Å². The van der Waals surface area contributed by atoms with Gasteiger partial charge in [0.15, 0.2) is 0 Å². The second-order valence-electron chi connectivity index (χ2n) is 4.43. The molecule has 1 fully saturated rings. The van der Waals surface area contributed by atoms with Crippen LogP contribution in [0.3, 0.4) is 0 Å². The second kappa shape index (κ2) is 5.29. The first kappa shape index (κ1) is 10.7. The van der Waals surface area contributed by atoms with Gasteiger partial charge in [0.1, 0.15) is 0 Å². The minimum absolute atomic E-state index is 0.858. The van der Waals surface area contributed by atoms with E-state index in [1.54, 1.807) is 0 Å². The molecule has 0 amide bonds. The van der Waals surface area contributed by atoms with E-state index in [9.17, 15) is 0 Å². The lowest BCUT2D eigenvalue weighted by Gasteiger charge is -2.29. The van der Waals surface area contributed by atoms with Crippen molar-refractivity contribution in [2.45, 2.75) is 25.4 Å². The van der Waals surface area contributed by atoms with Gasteiger partial charge < -0.3 is 5.32 Å². The van der Waals surface area contributed by atoms with Crippen LogP contribution in [0.2, 0.25) is 0 Å². The Labute approximate surface area is 92.3 Å². The number of rotatable bonds is 3. The summed E-state index contributed by atoms with van der Waals surface area (Å²) in [5.74, 6) is 0. The molecule has 1 aromatic carbocycles. The molecule has 1 aliphatic heterocycles. The Morgan fingerprint density at radius 3 is 2.47 bits per heavy atom. The van der Waals surface area contributed by atoms with E-state index in [0.717, 1.165) is 12.6 Å². The van der Waals surface area contributed by atoms with Crippen LogP contribution < -0.4 is 5.32 Å². The summed E-state index contributed by atoms with van der Waals surface area (Å²) in [4.78, 5) is 2.56. The van der Waals surface area contributed by atoms with E-state index in [4.69, 9.17) is 0 Å². The number of piperidine rings is 1. The molecule has 2 N–H and O–H groups in total. The normalized spacial score (nSPS) is 19.3. The fourth-order valence-corrected chi connectivity index (χ4v) is 2.29. The summed E-state index contributed by atoms with van der Waals surface area (Å²) in [7, 11) is 2.19. The molecule has 82 valence electrons. The monoisotopic (exact) mass is 205 g/mol. The molecule has 0 aliphatic carbocycles. The van der Waals surface area contributed by atoms with Crippen LogP contribution in [0.4, 0.5) is 0 Å². The molecule has 2 rings (SSSR count). The Kier molecular flexibility index (Phi) is 3.75. The van der Waals surface area contributed by atoms with Crippen LogP contribution in [0, 0.1) is 0 Å². The van der Waals surface area contributed by atoms with Crippen molar-refractivity contribution in [3.8, 4) is 0 Å². The van der Waals surface area contributed by atoms with Crippen molar-refractivity contribution in [1.82, 2.24) is 4.90 Å². The summed E-state index contributed by atoms with van der Waals surface area (Å²) in [5.41, 5.74) is 1.44. The fourth-order valence-electron chi connectivity index (χ4n) is 2.29.